The standard InChI is InChI=1S/C20H32FN3O/c1-16(14-17-6-5-7-18(21)15-17)20(25)24(13-12-22(2)3)19-8-10-23(4)11-9-19/h5-7,15-16,19H,8-14H2,1-4H3/t16-/m1/s1. The maximum Gasteiger partial charge on any atom is 0.226 e. The van der Waals surface area contributed by atoms with E-state index in [-0.39, 0.29) is 17.6 Å². The lowest BCUT2D eigenvalue weighted by molar-refractivity contribution is -0.138. The van der Waals surface area contributed by atoms with Gasteiger partial charge < -0.3 is 14.7 Å². The van der Waals surface area contributed by atoms with Crippen LogP contribution in [0.15, 0.2) is 24.3 Å². The van der Waals surface area contributed by atoms with E-state index in [0.717, 1.165) is 44.6 Å². The molecule has 1 amide bonds. The summed E-state index contributed by atoms with van der Waals surface area (Å²) in [6, 6.07) is 6.90. The lowest BCUT2D eigenvalue weighted by Crippen LogP contribution is -2.50. The largest absolute Gasteiger partial charge is 0.338 e. The topological polar surface area (TPSA) is 26.8 Å². The fraction of sp³-hybridized carbons (Fsp3) is 0.650. The Hall–Kier alpha value is -1.46. The summed E-state index contributed by atoms with van der Waals surface area (Å²) in [4.78, 5) is 19.6. The summed E-state index contributed by atoms with van der Waals surface area (Å²) in [6.45, 7) is 5.66. The van der Waals surface area contributed by atoms with Gasteiger partial charge in [0, 0.05) is 25.0 Å². The first-order valence-electron chi connectivity index (χ1n) is 9.25. The number of likely N-dealkylation sites (N-methyl/N-ethyl adjacent to an activating group) is 1. The number of carbonyl (C=O) groups is 1. The maximum absolute atomic E-state index is 13.4. The van der Waals surface area contributed by atoms with Gasteiger partial charge in [-0.25, -0.2) is 4.39 Å². The quantitative estimate of drug-likeness (QED) is 0.757. The first-order chi connectivity index (χ1) is 11.9. The van der Waals surface area contributed by atoms with Crippen LogP contribution < -0.4 is 0 Å². The number of nitrogens with zero attached hydrogens (tertiary/aromatic N) is 3. The lowest BCUT2D eigenvalue weighted by atomic mass is 9.96. The van der Waals surface area contributed by atoms with Crippen LogP contribution in [-0.4, -0.2) is 74.0 Å². The predicted molar refractivity (Wildman–Crippen MR) is 100 cm³/mol. The first kappa shape index (κ1) is 19.9. The van der Waals surface area contributed by atoms with Crippen molar-refractivity contribution < 1.29 is 9.18 Å². The number of hydrogen-bond acceptors (Lipinski definition) is 3. The third-order valence-electron chi connectivity index (χ3n) is 5.05. The van der Waals surface area contributed by atoms with Gasteiger partial charge in [-0.15, -0.1) is 0 Å². The Morgan fingerprint density at radius 1 is 1.28 bits per heavy atom. The van der Waals surface area contributed by atoms with Crippen LogP contribution >= 0.6 is 0 Å². The van der Waals surface area contributed by atoms with Gasteiger partial charge in [0.1, 0.15) is 5.82 Å². The number of benzene rings is 1. The minimum Gasteiger partial charge on any atom is -0.338 e. The molecule has 1 fully saturated rings. The molecule has 1 saturated heterocycles. The Kier molecular flexibility index (Phi) is 7.38. The van der Waals surface area contributed by atoms with E-state index in [9.17, 15) is 9.18 Å². The summed E-state index contributed by atoms with van der Waals surface area (Å²) < 4.78 is 13.4. The molecule has 0 aromatic heterocycles. The third-order valence-corrected chi connectivity index (χ3v) is 5.05. The summed E-state index contributed by atoms with van der Waals surface area (Å²) >= 11 is 0. The fourth-order valence-corrected chi connectivity index (χ4v) is 3.47. The van der Waals surface area contributed by atoms with Crippen LogP contribution in [-0.2, 0) is 11.2 Å². The second-order valence-corrected chi connectivity index (χ2v) is 7.60. The molecule has 1 aliphatic heterocycles. The zero-order valence-electron chi connectivity index (χ0n) is 16.0. The third kappa shape index (κ3) is 6.08. The van der Waals surface area contributed by atoms with Gasteiger partial charge in [-0.2, -0.15) is 0 Å². The van der Waals surface area contributed by atoms with Crippen molar-refractivity contribution in [3.63, 3.8) is 0 Å². The first-order valence-corrected chi connectivity index (χ1v) is 9.25. The molecular weight excluding hydrogens is 317 g/mol. The van der Waals surface area contributed by atoms with Crippen LogP contribution in [0.1, 0.15) is 25.3 Å². The van der Waals surface area contributed by atoms with Crippen molar-refractivity contribution in [1.82, 2.24) is 14.7 Å². The molecule has 2 rings (SSSR count). The van der Waals surface area contributed by atoms with Gasteiger partial charge in [0.25, 0.3) is 0 Å². The van der Waals surface area contributed by atoms with Gasteiger partial charge in [0.2, 0.25) is 5.91 Å². The average Bonchev–Trinajstić information content (AvgIpc) is 2.56. The summed E-state index contributed by atoms with van der Waals surface area (Å²) in [5.74, 6) is -0.179. The average molecular weight is 349 g/mol. The van der Waals surface area contributed by atoms with E-state index in [1.807, 2.05) is 27.1 Å². The van der Waals surface area contributed by atoms with Crippen molar-refractivity contribution in [3.8, 4) is 0 Å². The molecule has 25 heavy (non-hydrogen) atoms. The van der Waals surface area contributed by atoms with E-state index in [1.165, 1.54) is 12.1 Å². The normalized spacial score (nSPS) is 17.7. The van der Waals surface area contributed by atoms with Crippen molar-refractivity contribution >= 4 is 5.91 Å². The van der Waals surface area contributed by atoms with Gasteiger partial charge in [-0.3, -0.25) is 4.79 Å². The van der Waals surface area contributed by atoms with Crippen molar-refractivity contribution in [2.75, 3.05) is 47.3 Å². The maximum atomic E-state index is 13.4. The van der Waals surface area contributed by atoms with Gasteiger partial charge in [0.15, 0.2) is 0 Å². The molecule has 1 atom stereocenters. The number of hydrogen-bond donors (Lipinski definition) is 0. The van der Waals surface area contributed by atoms with E-state index in [2.05, 4.69) is 21.7 Å². The Labute approximate surface area is 151 Å². The van der Waals surface area contributed by atoms with Crippen LogP contribution in [0.5, 0.6) is 0 Å². The molecule has 0 bridgehead atoms. The number of amides is 1. The highest BCUT2D eigenvalue weighted by Gasteiger charge is 2.29. The molecule has 0 saturated carbocycles. The highest BCUT2D eigenvalue weighted by Crippen LogP contribution is 2.20. The summed E-state index contributed by atoms with van der Waals surface area (Å²) in [5, 5.41) is 0. The van der Waals surface area contributed by atoms with Crippen LogP contribution in [0, 0.1) is 11.7 Å². The minimum absolute atomic E-state index is 0.136. The van der Waals surface area contributed by atoms with Gasteiger partial charge >= 0.3 is 0 Å². The number of piperidine rings is 1. The molecule has 0 unspecified atom stereocenters. The van der Waals surface area contributed by atoms with Crippen molar-refractivity contribution in [1.29, 1.82) is 0 Å². The molecule has 1 aromatic rings. The number of halogens is 1. The predicted octanol–water partition coefficient (Wildman–Crippen LogP) is 2.49. The zero-order chi connectivity index (χ0) is 18.4. The van der Waals surface area contributed by atoms with Gasteiger partial charge in [-0.05, 0) is 71.2 Å². The van der Waals surface area contributed by atoms with Crippen LogP contribution in [0.25, 0.3) is 0 Å². The van der Waals surface area contributed by atoms with Crippen LogP contribution in [0.2, 0.25) is 0 Å². The Morgan fingerprint density at radius 3 is 2.56 bits per heavy atom. The highest BCUT2D eigenvalue weighted by molar-refractivity contribution is 5.79. The zero-order valence-corrected chi connectivity index (χ0v) is 16.0. The number of likely N-dealkylation sites (tertiary alicyclic amines) is 1. The summed E-state index contributed by atoms with van der Waals surface area (Å²) in [6.07, 6.45) is 2.65. The Balaban J connectivity index is 2.04. The molecule has 0 spiro atoms. The Morgan fingerprint density at radius 2 is 1.96 bits per heavy atom. The second kappa shape index (κ2) is 9.30. The molecule has 0 radical (unpaired) electrons. The molecule has 5 heteroatoms. The molecule has 140 valence electrons. The summed E-state index contributed by atoms with van der Waals surface area (Å²) in [5.41, 5.74) is 0.886. The monoisotopic (exact) mass is 349 g/mol. The van der Waals surface area contributed by atoms with E-state index in [0.29, 0.717) is 12.5 Å². The highest BCUT2D eigenvalue weighted by atomic mass is 19.1. The van der Waals surface area contributed by atoms with Gasteiger partial charge in [0.05, 0.1) is 0 Å². The lowest BCUT2D eigenvalue weighted by Gasteiger charge is -2.39. The molecule has 1 heterocycles. The number of rotatable bonds is 7. The van der Waals surface area contributed by atoms with E-state index < -0.39 is 0 Å². The van der Waals surface area contributed by atoms with Crippen LogP contribution in [0.3, 0.4) is 0 Å². The Bertz CT molecular complexity index is 556. The smallest absolute Gasteiger partial charge is 0.226 e. The number of carbonyl (C=O) groups excluding carboxylic acids is 1. The molecule has 0 N–H and O–H groups in total. The van der Waals surface area contributed by atoms with Crippen molar-refractivity contribution in [3.05, 3.63) is 35.6 Å². The van der Waals surface area contributed by atoms with E-state index in [1.54, 1.807) is 6.07 Å². The molecule has 0 aliphatic carbocycles. The molecule has 1 aliphatic rings. The van der Waals surface area contributed by atoms with Gasteiger partial charge in [-0.1, -0.05) is 19.1 Å². The van der Waals surface area contributed by atoms with Crippen molar-refractivity contribution in [2.24, 2.45) is 5.92 Å². The molecule has 1 aromatic carbocycles. The summed E-state index contributed by atoms with van der Waals surface area (Å²) in [7, 11) is 6.20. The SMILES string of the molecule is C[C@H](Cc1cccc(F)c1)C(=O)N(CCN(C)C)C1CCN(C)CC1. The fourth-order valence-electron chi connectivity index (χ4n) is 3.47. The minimum atomic E-state index is -0.239. The van der Waals surface area contributed by atoms with E-state index in [4.69, 9.17) is 0 Å². The van der Waals surface area contributed by atoms with Crippen LogP contribution in [0.4, 0.5) is 4.39 Å². The molecule has 4 nitrogen and oxygen atoms in total. The second-order valence-electron chi connectivity index (χ2n) is 7.60. The van der Waals surface area contributed by atoms with Crippen molar-refractivity contribution in [2.45, 2.75) is 32.2 Å². The molecular formula is C20H32FN3O. The van der Waals surface area contributed by atoms with E-state index >= 15 is 0 Å².